The molecule has 0 spiro atoms. The highest BCUT2D eigenvalue weighted by Crippen LogP contribution is 2.34. The van der Waals surface area contributed by atoms with Crippen molar-refractivity contribution < 1.29 is 9.13 Å². The molecule has 88 valence electrons. The van der Waals surface area contributed by atoms with Gasteiger partial charge in [0.05, 0.1) is 7.11 Å². The molecule has 16 heavy (non-hydrogen) atoms. The lowest BCUT2D eigenvalue weighted by molar-refractivity contribution is 0.360. The topological polar surface area (TPSA) is 21.3 Å². The van der Waals surface area contributed by atoms with Crippen LogP contribution >= 0.6 is 0 Å². The molecule has 0 aromatic heterocycles. The van der Waals surface area contributed by atoms with E-state index in [2.05, 4.69) is 5.32 Å². The first-order valence-corrected chi connectivity index (χ1v) is 5.80. The van der Waals surface area contributed by atoms with Crippen LogP contribution in [0.15, 0.2) is 12.1 Å². The average Bonchev–Trinajstić information content (AvgIpc) is 2.33. The Morgan fingerprint density at radius 3 is 2.81 bits per heavy atom. The van der Waals surface area contributed by atoms with Crippen molar-refractivity contribution in [2.24, 2.45) is 0 Å². The van der Waals surface area contributed by atoms with E-state index in [-0.39, 0.29) is 11.9 Å². The lowest BCUT2D eigenvalue weighted by Gasteiger charge is -2.26. The number of halogens is 1. The van der Waals surface area contributed by atoms with Gasteiger partial charge in [-0.1, -0.05) is 12.5 Å². The van der Waals surface area contributed by atoms with Crippen molar-refractivity contribution in [3.63, 3.8) is 0 Å². The Morgan fingerprint density at radius 2 is 2.19 bits per heavy atom. The van der Waals surface area contributed by atoms with E-state index < -0.39 is 0 Å². The third kappa shape index (κ3) is 2.05. The van der Waals surface area contributed by atoms with Gasteiger partial charge >= 0.3 is 0 Å². The van der Waals surface area contributed by atoms with Gasteiger partial charge in [0.1, 0.15) is 11.6 Å². The molecule has 1 aliphatic heterocycles. The normalized spacial score (nSPS) is 20.8. The van der Waals surface area contributed by atoms with E-state index in [4.69, 9.17) is 4.74 Å². The van der Waals surface area contributed by atoms with E-state index in [1.165, 1.54) is 12.5 Å². The third-order valence-corrected chi connectivity index (χ3v) is 3.20. The van der Waals surface area contributed by atoms with E-state index in [1.54, 1.807) is 13.2 Å². The lowest BCUT2D eigenvalue weighted by atomic mass is 9.95. The number of piperidine rings is 1. The molecule has 0 saturated carbocycles. The van der Waals surface area contributed by atoms with Gasteiger partial charge in [-0.05, 0) is 37.9 Å². The molecule has 1 atom stereocenters. The van der Waals surface area contributed by atoms with Gasteiger partial charge in [-0.25, -0.2) is 4.39 Å². The Bertz CT molecular complexity index is 372. The second-order valence-electron chi connectivity index (χ2n) is 4.31. The van der Waals surface area contributed by atoms with Gasteiger partial charge in [0.25, 0.3) is 0 Å². The Balaban J connectivity index is 2.40. The zero-order valence-corrected chi connectivity index (χ0v) is 9.85. The highest BCUT2D eigenvalue weighted by Gasteiger charge is 2.23. The second kappa shape index (κ2) is 4.83. The van der Waals surface area contributed by atoms with Crippen LogP contribution in [0.25, 0.3) is 0 Å². The molecule has 0 aliphatic carbocycles. The summed E-state index contributed by atoms with van der Waals surface area (Å²) in [5, 5.41) is 3.36. The van der Waals surface area contributed by atoms with Crippen LogP contribution in [0.1, 0.15) is 36.4 Å². The molecular weight excluding hydrogens is 205 g/mol. The first-order chi connectivity index (χ1) is 7.74. The van der Waals surface area contributed by atoms with Crippen molar-refractivity contribution in [1.82, 2.24) is 5.32 Å². The predicted octanol–water partition coefficient (Wildman–Crippen LogP) is 2.96. The molecule has 0 radical (unpaired) electrons. The number of methoxy groups -OCH3 is 1. The summed E-state index contributed by atoms with van der Waals surface area (Å²) in [6.07, 6.45) is 3.30. The quantitative estimate of drug-likeness (QED) is 0.832. The fourth-order valence-corrected chi connectivity index (χ4v) is 2.38. The number of hydrogen-bond acceptors (Lipinski definition) is 2. The first-order valence-electron chi connectivity index (χ1n) is 5.80. The van der Waals surface area contributed by atoms with Crippen LogP contribution in [0.4, 0.5) is 4.39 Å². The van der Waals surface area contributed by atoms with Crippen molar-refractivity contribution in [3.05, 3.63) is 29.1 Å². The molecule has 1 aromatic carbocycles. The van der Waals surface area contributed by atoms with Crippen molar-refractivity contribution in [2.75, 3.05) is 13.7 Å². The van der Waals surface area contributed by atoms with Gasteiger partial charge in [-0.15, -0.1) is 0 Å². The van der Waals surface area contributed by atoms with E-state index in [0.29, 0.717) is 11.3 Å². The van der Waals surface area contributed by atoms with Gasteiger partial charge in [0, 0.05) is 11.6 Å². The van der Waals surface area contributed by atoms with Crippen LogP contribution in [-0.2, 0) is 0 Å². The molecule has 2 rings (SSSR count). The Morgan fingerprint density at radius 1 is 1.38 bits per heavy atom. The van der Waals surface area contributed by atoms with Crippen LogP contribution in [0, 0.1) is 12.7 Å². The average molecular weight is 223 g/mol. The smallest absolute Gasteiger partial charge is 0.131 e. The fourth-order valence-electron chi connectivity index (χ4n) is 2.38. The molecule has 1 aromatic rings. The van der Waals surface area contributed by atoms with Gasteiger partial charge in [0.15, 0.2) is 0 Å². The van der Waals surface area contributed by atoms with Crippen molar-refractivity contribution in [3.8, 4) is 5.75 Å². The third-order valence-electron chi connectivity index (χ3n) is 3.20. The molecule has 2 nitrogen and oxygen atoms in total. The monoisotopic (exact) mass is 223 g/mol. The largest absolute Gasteiger partial charge is 0.496 e. The molecule has 1 heterocycles. The predicted molar refractivity (Wildman–Crippen MR) is 62.3 cm³/mol. The zero-order valence-electron chi connectivity index (χ0n) is 9.85. The molecular formula is C13H18FNO. The number of hydrogen-bond donors (Lipinski definition) is 1. The number of benzene rings is 1. The maximum absolute atomic E-state index is 13.9. The molecule has 1 saturated heterocycles. The van der Waals surface area contributed by atoms with Gasteiger partial charge < -0.3 is 10.1 Å². The van der Waals surface area contributed by atoms with Crippen molar-refractivity contribution in [1.29, 1.82) is 0 Å². The number of nitrogens with one attached hydrogen (secondary N) is 1. The summed E-state index contributed by atoms with van der Waals surface area (Å²) >= 11 is 0. The molecule has 1 unspecified atom stereocenters. The standard InChI is InChI=1S/C13H18FNO/c1-9-6-7-10(14)12(13(9)16-2)11-5-3-4-8-15-11/h6-7,11,15H,3-5,8H2,1-2H3. The number of rotatable bonds is 2. The molecule has 0 amide bonds. The maximum Gasteiger partial charge on any atom is 0.131 e. The summed E-state index contributed by atoms with van der Waals surface area (Å²) in [4.78, 5) is 0. The first kappa shape index (κ1) is 11.4. The SMILES string of the molecule is COc1c(C)ccc(F)c1C1CCCCN1. The minimum Gasteiger partial charge on any atom is -0.496 e. The van der Waals surface area contributed by atoms with Crippen LogP contribution in [-0.4, -0.2) is 13.7 Å². The molecule has 1 N–H and O–H groups in total. The van der Waals surface area contributed by atoms with Gasteiger partial charge in [-0.3, -0.25) is 0 Å². The summed E-state index contributed by atoms with van der Waals surface area (Å²) in [6, 6.07) is 3.40. The van der Waals surface area contributed by atoms with Gasteiger partial charge in [0.2, 0.25) is 0 Å². The van der Waals surface area contributed by atoms with Crippen molar-refractivity contribution in [2.45, 2.75) is 32.2 Å². The fraction of sp³-hybridized carbons (Fsp3) is 0.538. The number of aryl methyl sites for hydroxylation is 1. The highest BCUT2D eigenvalue weighted by atomic mass is 19.1. The molecule has 1 fully saturated rings. The lowest BCUT2D eigenvalue weighted by Crippen LogP contribution is -2.28. The van der Waals surface area contributed by atoms with Gasteiger partial charge in [-0.2, -0.15) is 0 Å². The second-order valence-corrected chi connectivity index (χ2v) is 4.31. The van der Waals surface area contributed by atoms with Crippen LogP contribution in [0.2, 0.25) is 0 Å². The summed E-state index contributed by atoms with van der Waals surface area (Å²) in [5.74, 6) is 0.529. The number of ether oxygens (including phenoxy) is 1. The van der Waals surface area contributed by atoms with E-state index in [1.807, 2.05) is 6.92 Å². The zero-order chi connectivity index (χ0) is 11.5. The Kier molecular flexibility index (Phi) is 3.44. The highest BCUT2D eigenvalue weighted by molar-refractivity contribution is 5.43. The molecule has 0 bridgehead atoms. The summed E-state index contributed by atoms with van der Waals surface area (Å²) in [5.41, 5.74) is 1.69. The molecule has 1 aliphatic rings. The van der Waals surface area contributed by atoms with Crippen LogP contribution < -0.4 is 10.1 Å². The Hall–Kier alpha value is -1.09. The van der Waals surface area contributed by atoms with Crippen molar-refractivity contribution >= 4 is 0 Å². The Labute approximate surface area is 95.8 Å². The minimum absolute atomic E-state index is 0.101. The summed E-state index contributed by atoms with van der Waals surface area (Å²) in [7, 11) is 1.61. The maximum atomic E-state index is 13.9. The molecule has 3 heteroatoms. The summed E-state index contributed by atoms with van der Waals surface area (Å²) < 4.78 is 19.2. The van der Waals surface area contributed by atoms with E-state index >= 15 is 0 Å². The van der Waals surface area contributed by atoms with E-state index in [0.717, 1.165) is 24.9 Å². The van der Waals surface area contributed by atoms with Crippen LogP contribution in [0.5, 0.6) is 5.75 Å². The summed E-state index contributed by atoms with van der Waals surface area (Å²) in [6.45, 7) is 2.91. The van der Waals surface area contributed by atoms with E-state index in [9.17, 15) is 4.39 Å². The minimum atomic E-state index is -0.165. The van der Waals surface area contributed by atoms with Crippen LogP contribution in [0.3, 0.4) is 0 Å².